The van der Waals surface area contributed by atoms with E-state index in [2.05, 4.69) is 34.3 Å². The topological polar surface area (TPSA) is 0 Å². The summed E-state index contributed by atoms with van der Waals surface area (Å²) in [5, 5.41) is 0. The Balaban J connectivity index is 0. The number of hydrogen-bond donors (Lipinski definition) is 0. The van der Waals surface area contributed by atoms with Crippen LogP contribution in [0.2, 0.25) is 0 Å². The highest BCUT2D eigenvalue weighted by Gasteiger charge is 2.14. The van der Waals surface area contributed by atoms with Gasteiger partial charge >= 0.3 is 0 Å². The van der Waals surface area contributed by atoms with Gasteiger partial charge in [-0.05, 0) is 24.2 Å². The van der Waals surface area contributed by atoms with Crippen molar-refractivity contribution in [2.24, 2.45) is 17.8 Å². The lowest BCUT2D eigenvalue weighted by Gasteiger charge is -2.22. The highest BCUT2D eigenvalue weighted by atomic mass is 14.2. The van der Waals surface area contributed by atoms with Crippen molar-refractivity contribution in [1.29, 1.82) is 0 Å². The first-order valence-electron chi connectivity index (χ1n) is 4.20. The van der Waals surface area contributed by atoms with E-state index >= 15 is 0 Å². The zero-order valence-corrected chi connectivity index (χ0v) is 7.72. The smallest absolute Gasteiger partial charge is 0.0320 e. The maximum absolute atomic E-state index is 3.77. The fourth-order valence-corrected chi connectivity index (χ4v) is 1.51. The first-order valence-corrected chi connectivity index (χ1v) is 4.20. The van der Waals surface area contributed by atoms with Crippen molar-refractivity contribution >= 4 is 0 Å². The monoisotopic (exact) mass is 156 g/mol. The van der Waals surface area contributed by atoms with Crippen LogP contribution in [-0.4, -0.2) is 0 Å². The Bertz CT molecular complexity index is 82.2. The van der Waals surface area contributed by atoms with E-state index in [1.807, 2.05) is 6.08 Å². The SMILES string of the molecule is C.C=CCC(C(C)C)C(C)C. The van der Waals surface area contributed by atoms with Crippen molar-refractivity contribution < 1.29 is 0 Å². The Hall–Kier alpha value is -0.260. The summed E-state index contributed by atoms with van der Waals surface area (Å²) in [7, 11) is 0. The number of rotatable bonds is 4. The summed E-state index contributed by atoms with van der Waals surface area (Å²) in [5.41, 5.74) is 0. The van der Waals surface area contributed by atoms with Gasteiger partial charge in [-0.2, -0.15) is 0 Å². The van der Waals surface area contributed by atoms with Crippen molar-refractivity contribution in [1.82, 2.24) is 0 Å². The minimum atomic E-state index is 0. The van der Waals surface area contributed by atoms with E-state index in [1.165, 1.54) is 0 Å². The fraction of sp³-hybridized carbons (Fsp3) is 0.818. The molecule has 0 aliphatic carbocycles. The highest BCUT2D eigenvalue weighted by molar-refractivity contribution is 4.76. The summed E-state index contributed by atoms with van der Waals surface area (Å²) in [5.74, 6) is 2.40. The summed E-state index contributed by atoms with van der Waals surface area (Å²) >= 11 is 0. The third kappa shape index (κ3) is 5.06. The van der Waals surface area contributed by atoms with Gasteiger partial charge < -0.3 is 0 Å². The summed E-state index contributed by atoms with van der Waals surface area (Å²) in [4.78, 5) is 0. The fourth-order valence-electron chi connectivity index (χ4n) is 1.51. The molecule has 0 aromatic carbocycles. The molecule has 0 rings (SSSR count). The van der Waals surface area contributed by atoms with E-state index in [0.717, 1.165) is 24.2 Å². The van der Waals surface area contributed by atoms with Crippen molar-refractivity contribution in [2.45, 2.75) is 41.5 Å². The summed E-state index contributed by atoms with van der Waals surface area (Å²) in [6, 6.07) is 0. The van der Waals surface area contributed by atoms with Gasteiger partial charge in [-0.3, -0.25) is 0 Å². The average Bonchev–Trinajstić information content (AvgIpc) is 1.81. The molecule has 0 heterocycles. The van der Waals surface area contributed by atoms with E-state index in [0.29, 0.717) is 0 Å². The van der Waals surface area contributed by atoms with Gasteiger partial charge in [-0.15, -0.1) is 6.58 Å². The Morgan fingerprint density at radius 2 is 1.45 bits per heavy atom. The summed E-state index contributed by atoms with van der Waals surface area (Å²) in [6.45, 7) is 12.9. The molecular weight excluding hydrogens is 132 g/mol. The van der Waals surface area contributed by atoms with E-state index < -0.39 is 0 Å². The zero-order chi connectivity index (χ0) is 8.15. The Labute approximate surface area is 72.7 Å². The van der Waals surface area contributed by atoms with Gasteiger partial charge in [0.15, 0.2) is 0 Å². The van der Waals surface area contributed by atoms with E-state index in [9.17, 15) is 0 Å². The largest absolute Gasteiger partial charge is 0.103 e. The molecule has 0 amide bonds. The average molecular weight is 156 g/mol. The molecule has 0 atom stereocenters. The van der Waals surface area contributed by atoms with Crippen LogP contribution in [0.1, 0.15) is 41.5 Å². The van der Waals surface area contributed by atoms with Gasteiger partial charge in [0.2, 0.25) is 0 Å². The van der Waals surface area contributed by atoms with Crippen molar-refractivity contribution in [2.75, 3.05) is 0 Å². The summed E-state index contributed by atoms with van der Waals surface area (Å²) < 4.78 is 0. The van der Waals surface area contributed by atoms with Crippen LogP contribution in [0.3, 0.4) is 0 Å². The van der Waals surface area contributed by atoms with Gasteiger partial charge in [-0.25, -0.2) is 0 Å². The zero-order valence-electron chi connectivity index (χ0n) is 7.72. The molecule has 0 saturated carbocycles. The molecule has 0 aliphatic heterocycles. The van der Waals surface area contributed by atoms with Crippen LogP contribution in [0.4, 0.5) is 0 Å². The second-order valence-electron chi connectivity index (χ2n) is 3.68. The van der Waals surface area contributed by atoms with Gasteiger partial charge in [0.05, 0.1) is 0 Å². The first-order chi connectivity index (χ1) is 4.59. The van der Waals surface area contributed by atoms with Crippen LogP contribution in [0, 0.1) is 17.8 Å². The van der Waals surface area contributed by atoms with E-state index in [1.54, 1.807) is 0 Å². The van der Waals surface area contributed by atoms with Gasteiger partial charge in [-0.1, -0.05) is 41.2 Å². The predicted octanol–water partition coefficient (Wildman–Crippen LogP) is 4.13. The third-order valence-corrected chi connectivity index (χ3v) is 2.15. The molecule has 0 aromatic heterocycles. The molecule has 0 radical (unpaired) electrons. The van der Waals surface area contributed by atoms with Crippen LogP contribution < -0.4 is 0 Å². The van der Waals surface area contributed by atoms with E-state index in [-0.39, 0.29) is 7.43 Å². The maximum atomic E-state index is 3.77. The molecular formula is C11H24. The van der Waals surface area contributed by atoms with E-state index in [4.69, 9.17) is 0 Å². The van der Waals surface area contributed by atoms with Crippen molar-refractivity contribution in [3.63, 3.8) is 0 Å². The lowest BCUT2D eigenvalue weighted by Crippen LogP contribution is -2.14. The molecule has 0 bridgehead atoms. The molecule has 0 N–H and O–H groups in total. The standard InChI is InChI=1S/C10H20.CH4/c1-6-7-10(8(2)3)9(4)5;/h6,8-10H,1,7H2,2-5H3;1H4. The number of hydrogen-bond acceptors (Lipinski definition) is 0. The van der Waals surface area contributed by atoms with Gasteiger partial charge in [0.1, 0.15) is 0 Å². The second kappa shape index (κ2) is 6.45. The molecule has 11 heavy (non-hydrogen) atoms. The lowest BCUT2D eigenvalue weighted by molar-refractivity contribution is 0.291. The molecule has 0 fully saturated rings. The molecule has 0 unspecified atom stereocenters. The minimum Gasteiger partial charge on any atom is -0.103 e. The molecule has 68 valence electrons. The molecule has 0 aliphatic rings. The van der Waals surface area contributed by atoms with Crippen LogP contribution in [-0.2, 0) is 0 Å². The molecule has 0 saturated heterocycles. The van der Waals surface area contributed by atoms with Crippen LogP contribution in [0.25, 0.3) is 0 Å². The highest BCUT2D eigenvalue weighted by Crippen LogP contribution is 2.23. The third-order valence-electron chi connectivity index (χ3n) is 2.15. The molecule has 0 spiro atoms. The second-order valence-corrected chi connectivity index (χ2v) is 3.68. The predicted molar refractivity (Wildman–Crippen MR) is 54.7 cm³/mol. The lowest BCUT2D eigenvalue weighted by atomic mass is 9.83. The maximum Gasteiger partial charge on any atom is -0.0320 e. The quantitative estimate of drug-likeness (QED) is 0.537. The van der Waals surface area contributed by atoms with Crippen molar-refractivity contribution in [3.8, 4) is 0 Å². The molecule has 0 aromatic rings. The first kappa shape index (κ1) is 13.3. The normalized spacial score (nSPS) is 10.5. The summed E-state index contributed by atoms with van der Waals surface area (Å²) in [6.07, 6.45) is 3.19. The van der Waals surface area contributed by atoms with Gasteiger partial charge in [0.25, 0.3) is 0 Å². The van der Waals surface area contributed by atoms with Crippen LogP contribution >= 0.6 is 0 Å². The Morgan fingerprint density at radius 1 is 1.09 bits per heavy atom. The molecule has 0 nitrogen and oxygen atoms in total. The van der Waals surface area contributed by atoms with Gasteiger partial charge in [0, 0.05) is 0 Å². The van der Waals surface area contributed by atoms with Crippen LogP contribution in [0.5, 0.6) is 0 Å². The van der Waals surface area contributed by atoms with Crippen LogP contribution in [0.15, 0.2) is 12.7 Å². The Kier molecular flexibility index (Phi) is 7.82. The molecule has 0 heteroatoms. The Morgan fingerprint density at radius 3 is 1.55 bits per heavy atom. The minimum absolute atomic E-state index is 0. The van der Waals surface area contributed by atoms with Crippen molar-refractivity contribution in [3.05, 3.63) is 12.7 Å². The number of allylic oxidation sites excluding steroid dienone is 1.